The number of amides is 2. The van der Waals surface area contributed by atoms with Gasteiger partial charge in [-0.1, -0.05) is 42.5 Å². The second-order valence-corrected chi connectivity index (χ2v) is 6.13. The van der Waals surface area contributed by atoms with Crippen LogP contribution in [0.3, 0.4) is 0 Å². The number of nitrogens with one attached hydrogen (secondary N) is 1. The molecule has 2 amide bonds. The van der Waals surface area contributed by atoms with Crippen LogP contribution in [0.2, 0.25) is 0 Å². The summed E-state index contributed by atoms with van der Waals surface area (Å²) < 4.78 is 0. The summed E-state index contributed by atoms with van der Waals surface area (Å²) in [5, 5.41) is 2.93. The van der Waals surface area contributed by atoms with E-state index < -0.39 is 6.04 Å². The van der Waals surface area contributed by atoms with Gasteiger partial charge in [-0.05, 0) is 43.0 Å². The van der Waals surface area contributed by atoms with Gasteiger partial charge in [0.05, 0.1) is 0 Å². The molecule has 1 heterocycles. The maximum absolute atomic E-state index is 12.8. The number of hydrogen-bond acceptors (Lipinski definition) is 2. The summed E-state index contributed by atoms with van der Waals surface area (Å²) in [5.41, 5.74) is 2.69. The van der Waals surface area contributed by atoms with E-state index in [0.29, 0.717) is 19.3 Å². The second kappa shape index (κ2) is 7.79. The van der Waals surface area contributed by atoms with Crippen molar-refractivity contribution in [1.82, 2.24) is 0 Å². The van der Waals surface area contributed by atoms with Crippen LogP contribution < -0.4 is 10.2 Å². The molecule has 0 saturated carbocycles. The van der Waals surface area contributed by atoms with Crippen molar-refractivity contribution in [1.29, 1.82) is 0 Å². The van der Waals surface area contributed by atoms with Gasteiger partial charge in [-0.15, -0.1) is 6.58 Å². The van der Waals surface area contributed by atoms with E-state index >= 15 is 0 Å². The van der Waals surface area contributed by atoms with Crippen LogP contribution in [0, 0.1) is 0 Å². The molecular weight excluding hydrogens is 312 g/mol. The molecule has 0 aliphatic carbocycles. The van der Waals surface area contributed by atoms with E-state index in [4.69, 9.17) is 0 Å². The molecule has 25 heavy (non-hydrogen) atoms. The minimum Gasteiger partial charge on any atom is -0.324 e. The van der Waals surface area contributed by atoms with E-state index in [2.05, 4.69) is 11.9 Å². The van der Waals surface area contributed by atoms with Gasteiger partial charge >= 0.3 is 0 Å². The van der Waals surface area contributed by atoms with Gasteiger partial charge in [0, 0.05) is 17.8 Å². The largest absolute Gasteiger partial charge is 0.324 e. The van der Waals surface area contributed by atoms with Gasteiger partial charge in [0.1, 0.15) is 6.04 Å². The number of para-hydroxylation sites is 2. The lowest BCUT2D eigenvalue weighted by Gasteiger charge is -2.36. The van der Waals surface area contributed by atoms with Gasteiger partial charge < -0.3 is 5.32 Å². The van der Waals surface area contributed by atoms with Crippen molar-refractivity contribution in [2.45, 2.75) is 31.7 Å². The van der Waals surface area contributed by atoms with Gasteiger partial charge in [0.15, 0.2) is 0 Å². The fourth-order valence-electron chi connectivity index (χ4n) is 3.20. The number of carbonyl (C=O) groups excluding carboxylic acids is 2. The Morgan fingerprint density at radius 3 is 2.60 bits per heavy atom. The second-order valence-electron chi connectivity index (χ2n) is 6.13. The zero-order valence-corrected chi connectivity index (χ0v) is 14.2. The standard InChI is InChI=1S/C21H22N2O2/c1-2-3-13-20(24)23-18-12-8-7-9-16(18)14-15-19(23)21(25)22-17-10-5-4-6-11-17/h2,4-12,19H,1,3,13-15H2,(H,22,25). The smallest absolute Gasteiger partial charge is 0.247 e. The van der Waals surface area contributed by atoms with Crippen molar-refractivity contribution >= 4 is 23.2 Å². The van der Waals surface area contributed by atoms with E-state index in [0.717, 1.165) is 23.4 Å². The molecular formula is C21H22N2O2. The number of aryl methyl sites for hydroxylation is 1. The summed E-state index contributed by atoms with van der Waals surface area (Å²) in [6.45, 7) is 3.68. The van der Waals surface area contributed by atoms with Crippen molar-refractivity contribution in [2.24, 2.45) is 0 Å². The van der Waals surface area contributed by atoms with Crippen LogP contribution in [0.1, 0.15) is 24.8 Å². The topological polar surface area (TPSA) is 49.4 Å². The SMILES string of the molecule is C=CCCC(=O)N1c2ccccc2CCC1C(=O)Nc1ccccc1. The monoisotopic (exact) mass is 334 g/mol. The maximum atomic E-state index is 12.8. The first kappa shape index (κ1) is 17.0. The molecule has 1 N–H and O–H groups in total. The molecule has 0 bridgehead atoms. The number of fused-ring (bicyclic) bond motifs is 1. The lowest BCUT2D eigenvalue weighted by atomic mass is 9.94. The first-order valence-corrected chi connectivity index (χ1v) is 8.57. The number of anilines is 2. The summed E-state index contributed by atoms with van der Waals surface area (Å²) in [6.07, 6.45) is 4.09. The highest BCUT2D eigenvalue weighted by molar-refractivity contribution is 6.05. The molecule has 2 aromatic carbocycles. The molecule has 1 unspecified atom stereocenters. The predicted molar refractivity (Wildman–Crippen MR) is 101 cm³/mol. The average Bonchev–Trinajstić information content (AvgIpc) is 2.65. The first-order chi connectivity index (χ1) is 12.2. The fourth-order valence-corrected chi connectivity index (χ4v) is 3.20. The van der Waals surface area contributed by atoms with Crippen molar-refractivity contribution in [3.8, 4) is 0 Å². The molecule has 0 aromatic heterocycles. The quantitative estimate of drug-likeness (QED) is 0.842. The molecule has 0 spiro atoms. The zero-order valence-electron chi connectivity index (χ0n) is 14.2. The minimum absolute atomic E-state index is 0.0414. The first-order valence-electron chi connectivity index (χ1n) is 8.57. The van der Waals surface area contributed by atoms with E-state index in [9.17, 15) is 9.59 Å². The predicted octanol–water partition coefficient (Wildman–Crippen LogP) is 3.94. The number of nitrogens with zero attached hydrogens (tertiary/aromatic N) is 1. The van der Waals surface area contributed by atoms with Crippen LogP contribution in [0.15, 0.2) is 67.3 Å². The minimum atomic E-state index is -0.493. The van der Waals surface area contributed by atoms with Gasteiger partial charge in [0.2, 0.25) is 11.8 Å². The van der Waals surface area contributed by atoms with E-state index in [1.807, 2.05) is 54.6 Å². The van der Waals surface area contributed by atoms with Crippen LogP contribution >= 0.6 is 0 Å². The normalized spacial score (nSPS) is 16.0. The summed E-state index contributed by atoms with van der Waals surface area (Å²) >= 11 is 0. The van der Waals surface area contributed by atoms with Crippen molar-refractivity contribution in [2.75, 3.05) is 10.2 Å². The Kier molecular flexibility index (Phi) is 5.29. The fraction of sp³-hybridized carbons (Fsp3) is 0.238. The summed E-state index contributed by atoms with van der Waals surface area (Å²) in [4.78, 5) is 27.3. The molecule has 0 fully saturated rings. The molecule has 1 atom stereocenters. The Labute approximate surface area is 148 Å². The van der Waals surface area contributed by atoms with Crippen LogP contribution in [-0.4, -0.2) is 17.9 Å². The van der Waals surface area contributed by atoms with E-state index in [1.165, 1.54) is 0 Å². The maximum Gasteiger partial charge on any atom is 0.247 e. The van der Waals surface area contributed by atoms with E-state index in [1.54, 1.807) is 11.0 Å². The lowest BCUT2D eigenvalue weighted by Crippen LogP contribution is -2.50. The lowest BCUT2D eigenvalue weighted by molar-refractivity contribution is -0.124. The Morgan fingerprint density at radius 2 is 1.84 bits per heavy atom. The third-order valence-electron chi connectivity index (χ3n) is 4.42. The third kappa shape index (κ3) is 3.79. The van der Waals surface area contributed by atoms with Crippen molar-refractivity contribution in [3.05, 3.63) is 72.8 Å². The van der Waals surface area contributed by atoms with Crippen molar-refractivity contribution < 1.29 is 9.59 Å². The highest BCUT2D eigenvalue weighted by Crippen LogP contribution is 2.32. The number of hydrogen-bond donors (Lipinski definition) is 1. The molecule has 1 aliphatic rings. The highest BCUT2D eigenvalue weighted by atomic mass is 16.2. The van der Waals surface area contributed by atoms with Crippen LogP contribution in [0.5, 0.6) is 0 Å². The summed E-state index contributed by atoms with van der Waals surface area (Å²) in [5.74, 6) is -0.187. The van der Waals surface area contributed by atoms with Gasteiger partial charge in [0.25, 0.3) is 0 Å². The van der Waals surface area contributed by atoms with Crippen LogP contribution in [-0.2, 0) is 16.0 Å². The van der Waals surface area contributed by atoms with Crippen molar-refractivity contribution in [3.63, 3.8) is 0 Å². The van der Waals surface area contributed by atoms with Gasteiger partial charge in [-0.2, -0.15) is 0 Å². The Hall–Kier alpha value is -2.88. The molecule has 3 rings (SSSR count). The number of allylic oxidation sites excluding steroid dienone is 1. The molecule has 0 radical (unpaired) electrons. The molecule has 128 valence electrons. The average molecular weight is 334 g/mol. The molecule has 4 nitrogen and oxygen atoms in total. The zero-order chi connectivity index (χ0) is 17.6. The third-order valence-corrected chi connectivity index (χ3v) is 4.42. The van der Waals surface area contributed by atoms with Gasteiger partial charge in [-0.25, -0.2) is 0 Å². The highest BCUT2D eigenvalue weighted by Gasteiger charge is 2.35. The number of rotatable bonds is 5. The Bertz CT molecular complexity index is 770. The van der Waals surface area contributed by atoms with Crippen LogP contribution in [0.4, 0.5) is 11.4 Å². The Balaban J connectivity index is 1.87. The van der Waals surface area contributed by atoms with Gasteiger partial charge in [-0.3, -0.25) is 14.5 Å². The molecule has 2 aromatic rings. The van der Waals surface area contributed by atoms with E-state index in [-0.39, 0.29) is 11.8 Å². The Morgan fingerprint density at radius 1 is 1.12 bits per heavy atom. The van der Waals surface area contributed by atoms with Crippen LogP contribution in [0.25, 0.3) is 0 Å². The number of benzene rings is 2. The molecule has 0 saturated heterocycles. The molecule has 1 aliphatic heterocycles. The number of carbonyl (C=O) groups is 2. The molecule has 4 heteroatoms. The summed E-state index contributed by atoms with van der Waals surface area (Å²) in [6, 6.07) is 16.7. The summed E-state index contributed by atoms with van der Waals surface area (Å²) in [7, 11) is 0.